The third-order valence-corrected chi connectivity index (χ3v) is 2.02. The average Bonchev–Trinajstić information content (AvgIpc) is 3.01. The predicted molar refractivity (Wildman–Crippen MR) is 49.8 cm³/mol. The molecule has 1 heterocycles. The summed E-state index contributed by atoms with van der Waals surface area (Å²) in [5.74, 6) is 1.12. The molecule has 2 rings (SSSR count). The normalized spacial score (nSPS) is 14.9. The molecular weight excluding hydrogens is 182 g/mol. The number of aldehydes is 1. The fourth-order valence-electron chi connectivity index (χ4n) is 1.13. The summed E-state index contributed by atoms with van der Waals surface area (Å²) in [6, 6.07) is 1.69. The van der Waals surface area contributed by atoms with E-state index in [2.05, 4.69) is 4.98 Å². The van der Waals surface area contributed by atoms with E-state index in [1.165, 1.54) is 7.11 Å². The Bertz CT molecular complexity index is 347. The summed E-state index contributed by atoms with van der Waals surface area (Å²) >= 11 is 0. The van der Waals surface area contributed by atoms with Gasteiger partial charge in [-0.05, 0) is 12.8 Å². The second-order valence-electron chi connectivity index (χ2n) is 3.19. The Morgan fingerprint density at radius 1 is 1.57 bits per heavy atom. The lowest BCUT2D eigenvalue weighted by Gasteiger charge is -2.06. The molecule has 1 aromatic rings. The van der Waals surface area contributed by atoms with Crippen LogP contribution in [-0.4, -0.2) is 24.5 Å². The maximum Gasteiger partial charge on any atom is 0.172 e. The van der Waals surface area contributed by atoms with Crippen molar-refractivity contribution in [1.29, 1.82) is 0 Å². The summed E-state index contributed by atoms with van der Waals surface area (Å²) in [6.07, 6.45) is 4.73. The molecule has 14 heavy (non-hydrogen) atoms. The summed E-state index contributed by atoms with van der Waals surface area (Å²) in [7, 11) is 1.50. The highest BCUT2D eigenvalue weighted by molar-refractivity contribution is 5.76. The van der Waals surface area contributed by atoms with E-state index < -0.39 is 0 Å². The van der Waals surface area contributed by atoms with Crippen LogP contribution in [0, 0.1) is 0 Å². The minimum Gasteiger partial charge on any atom is -0.494 e. The maximum atomic E-state index is 10.5. The first-order valence-electron chi connectivity index (χ1n) is 4.49. The number of carbonyl (C=O) groups is 1. The number of methoxy groups -OCH3 is 1. The van der Waals surface area contributed by atoms with Crippen molar-refractivity contribution in [3.8, 4) is 11.5 Å². The zero-order valence-corrected chi connectivity index (χ0v) is 7.90. The molecule has 0 aromatic carbocycles. The van der Waals surface area contributed by atoms with Gasteiger partial charge >= 0.3 is 0 Å². The minimum absolute atomic E-state index is 0.302. The zero-order valence-electron chi connectivity index (χ0n) is 7.90. The molecule has 0 unspecified atom stereocenters. The van der Waals surface area contributed by atoms with Gasteiger partial charge in [-0.25, -0.2) is 4.98 Å². The van der Waals surface area contributed by atoms with Crippen LogP contribution in [0.15, 0.2) is 12.3 Å². The zero-order chi connectivity index (χ0) is 9.97. The smallest absolute Gasteiger partial charge is 0.172 e. The minimum atomic E-state index is 0.302. The third kappa shape index (κ3) is 1.84. The number of nitrogens with zero attached hydrogens (tertiary/aromatic N) is 1. The van der Waals surface area contributed by atoms with E-state index in [1.54, 1.807) is 12.3 Å². The van der Waals surface area contributed by atoms with E-state index in [0.29, 0.717) is 29.6 Å². The van der Waals surface area contributed by atoms with E-state index in [1.807, 2.05) is 0 Å². The molecule has 0 bridgehead atoms. The van der Waals surface area contributed by atoms with Gasteiger partial charge in [0.1, 0.15) is 11.4 Å². The number of ether oxygens (including phenoxy) is 2. The Balaban J connectivity index is 2.20. The number of rotatable bonds is 4. The van der Waals surface area contributed by atoms with Crippen molar-refractivity contribution in [2.75, 3.05) is 7.11 Å². The van der Waals surface area contributed by atoms with Crippen LogP contribution in [0.4, 0.5) is 0 Å². The van der Waals surface area contributed by atoms with Crippen molar-refractivity contribution in [3.05, 3.63) is 18.0 Å². The highest BCUT2D eigenvalue weighted by Gasteiger charge is 2.23. The molecule has 0 amide bonds. The van der Waals surface area contributed by atoms with Crippen molar-refractivity contribution in [2.45, 2.75) is 18.9 Å². The molecule has 0 aliphatic heterocycles. The van der Waals surface area contributed by atoms with E-state index in [0.717, 1.165) is 12.8 Å². The van der Waals surface area contributed by atoms with Gasteiger partial charge in [-0.3, -0.25) is 4.79 Å². The molecule has 74 valence electrons. The van der Waals surface area contributed by atoms with Crippen LogP contribution < -0.4 is 9.47 Å². The van der Waals surface area contributed by atoms with Gasteiger partial charge in [0.05, 0.1) is 19.4 Å². The van der Waals surface area contributed by atoms with Crippen molar-refractivity contribution in [3.63, 3.8) is 0 Å². The summed E-state index contributed by atoms with van der Waals surface area (Å²) < 4.78 is 10.5. The van der Waals surface area contributed by atoms with Gasteiger partial charge in [-0.1, -0.05) is 0 Å². The Kier molecular flexibility index (Phi) is 2.35. The van der Waals surface area contributed by atoms with E-state index in [4.69, 9.17) is 9.47 Å². The van der Waals surface area contributed by atoms with E-state index in [-0.39, 0.29) is 0 Å². The van der Waals surface area contributed by atoms with E-state index >= 15 is 0 Å². The van der Waals surface area contributed by atoms with Gasteiger partial charge in [0.15, 0.2) is 12.0 Å². The van der Waals surface area contributed by atoms with Gasteiger partial charge < -0.3 is 9.47 Å². The van der Waals surface area contributed by atoms with Crippen molar-refractivity contribution in [1.82, 2.24) is 4.98 Å². The molecule has 4 heteroatoms. The number of pyridine rings is 1. The van der Waals surface area contributed by atoms with Crippen LogP contribution >= 0.6 is 0 Å². The maximum absolute atomic E-state index is 10.5. The molecule has 1 aliphatic rings. The number of hydrogen-bond donors (Lipinski definition) is 0. The monoisotopic (exact) mass is 193 g/mol. The van der Waals surface area contributed by atoms with Crippen LogP contribution in [0.1, 0.15) is 23.3 Å². The van der Waals surface area contributed by atoms with Crippen LogP contribution in [-0.2, 0) is 0 Å². The first-order chi connectivity index (χ1) is 6.83. The van der Waals surface area contributed by atoms with Gasteiger partial charge in [0.2, 0.25) is 0 Å². The van der Waals surface area contributed by atoms with Gasteiger partial charge in [-0.15, -0.1) is 0 Å². The molecule has 4 nitrogen and oxygen atoms in total. The summed E-state index contributed by atoms with van der Waals surface area (Å²) in [5.41, 5.74) is 0.302. The molecule has 0 saturated heterocycles. The molecule has 0 spiro atoms. The highest BCUT2D eigenvalue weighted by atomic mass is 16.5. The fourth-order valence-corrected chi connectivity index (χ4v) is 1.13. The van der Waals surface area contributed by atoms with E-state index in [9.17, 15) is 4.79 Å². The van der Waals surface area contributed by atoms with Crippen molar-refractivity contribution >= 4 is 6.29 Å². The Morgan fingerprint density at radius 2 is 2.36 bits per heavy atom. The Hall–Kier alpha value is -1.58. The van der Waals surface area contributed by atoms with Crippen molar-refractivity contribution < 1.29 is 14.3 Å². The summed E-state index contributed by atoms with van der Waals surface area (Å²) in [6.45, 7) is 0. The first-order valence-corrected chi connectivity index (χ1v) is 4.49. The molecule has 1 aromatic heterocycles. The molecule has 1 aliphatic carbocycles. The van der Waals surface area contributed by atoms with Crippen LogP contribution in [0.25, 0.3) is 0 Å². The Labute approximate surface area is 81.9 Å². The summed E-state index contributed by atoms with van der Waals surface area (Å²) in [4.78, 5) is 14.5. The number of aromatic nitrogens is 1. The van der Waals surface area contributed by atoms with Gasteiger partial charge in [-0.2, -0.15) is 0 Å². The van der Waals surface area contributed by atoms with Crippen LogP contribution in [0.3, 0.4) is 0 Å². The molecule has 0 N–H and O–H groups in total. The lowest BCUT2D eigenvalue weighted by molar-refractivity contribution is 0.111. The second kappa shape index (κ2) is 3.65. The highest BCUT2D eigenvalue weighted by Crippen LogP contribution is 2.28. The Morgan fingerprint density at radius 3 is 2.93 bits per heavy atom. The average molecular weight is 193 g/mol. The van der Waals surface area contributed by atoms with Gasteiger partial charge in [0, 0.05) is 6.07 Å². The lowest BCUT2D eigenvalue weighted by Crippen LogP contribution is -1.99. The van der Waals surface area contributed by atoms with Crippen molar-refractivity contribution in [2.24, 2.45) is 0 Å². The topological polar surface area (TPSA) is 48.4 Å². The quantitative estimate of drug-likeness (QED) is 0.679. The second-order valence-corrected chi connectivity index (χ2v) is 3.19. The summed E-state index contributed by atoms with van der Waals surface area (Å²) in [5, 5.41) is 0. The molecule has 1 fully saturated rings. The van der Waals surface area contributed by atoms with Crippen LogP contribution in [0.2, 0.25) is 0 Å². The largest absolute Gasteiger partial charge is 0.494 e. The molecular formula is C10H11NO3. The predicted octanol–water partition coefficient (Wildman–Crippen LogP) is 1.44. The standard InChI is InChI=1S/C10H11NO3/c1-13-10-4-8(14-7-2-3-7)5-11-9(10)6-12/h4-7H,2-3H2,1H3. The first kappa shape index (κ1) is 8.99. The lowest BCUT2D eigenvalue weighted by atomic mass is 10.3. The SMILES string of the molecule is COc1cc(OC2CC2)cnc1C=O. The third-order valence-electron chi connectivity index (χ3n) is 2.02. The molecule has 0 atom stereocenters. The number of hydrogen-bond acceptors (Lipinski definition) is 4. The fraction of sp³-hybridized carbons (Fsp3) is 0.400. The van der Waals surface area contributed by atoms with Gasteiger partial charge in [0.25, 0.3) is 0 Å². The molecule has 1 saturated carbocycles. The number of carbonyl (C=O) groups excluding carboxylic acids is 1. The molecule has 0 radical (unpaired) electrons. The van der Waals surface area contributed by atoms with Crippen LogP contribution in [0.5, 0.6) is 11.5 Å².